The zero-order valence-corrected chi connectivity index (χ0v) is 8.39. The molecular weight excluding hydrogens is 152 g/mol. The summed E-state index contributed by atoms with van der Waals surface area (Å²) in [6, 6.07) is 0. The fraction of sp³-hybridized carbons (Fsp3) is 1.00. The summed E-state index contributed by atoms with van der Waals surface area (Å²) in [6.45, 7) is 7.30. The van der Waals surface area contributed by atoms with Crippen molar-refractivity contribution in [3.8, 4) is 0 Å². The summed E-state index contributed by atoms with van der Waals surface area (Å²) in [5.41, 5.74) is 0.205. The van der Waals surface area contributed by atoms with Crippen molar-refractivity contribution in [3.63, 3.8) is 0 Å². The quantitative estimate of drug-likeness (QED) is 0.702. The molecule has 0 unspecified atom stereocenters. The first-order chi connectivity index (χ1) is 5.47. The lowest BCUT2D eigenvalue weighted by atomic mass is 10.0. The molecule has 1 aliphatic rings. The average molecular weight is 172 g/mol. The van der Waals surface area contributed by atoms with Gasteiger partial charge >= 0.3 is 0 Å². The Morgan fingerprint density at radius 3 is 2.25 bits per heavy atom. The van der Waals surface area contributed by atoms with Crippen LogP contribution >= 0.6 is 0 Å². The molecule has 0 aliphatic heterocycles. The van der Waals surface area contributed by atoms with E-state index >= 15 is 0 Å². The Bertz CT molecular complexity index is 142. The van der Waals surface area contributed by atoms with Crippen molar-refractivity contribution >= 4 is 0 Å². The first-order valence-corrected chi connectivity index (χ1v) is 4.72. The highest BCUT2D eigenvalue weighted by atomic mass is 16.5. The van der Waals surface area contributed by atoms with E-state index in [0.29, 0.717) is 6.61 Å². The molecule has 1 rings (SSSR count). The number of aliphatic hydroxyl groups excluding tert-OH is 1. The van der Waals surface area contributed by atoms with Gasteiger partial charge in [-0.25, -0.2) is 0 Å². The van der Waals surface area contributed by atoms with Gasteiger partial charge in [-0.15, -0.1) is 0 Å². The van der Waals surface area contributed by atoms with Gasteiger partial charge in [0.15, 0.2) is 0 Å². The predicted molar refractivity (Wildman–Crippen MR) is 49.1 cm³/mol. The highest BCUT2D eigenvalue weighted by Gasteiger charge is 2.41. The molecule has 0 aromatic carbocycles. The number of hydrogen-bond donors (Lipinski definition) is 1. The van der Waals surface area contributed by atoms with Crippen LogP contribution in [0.4, 0.5) is 0 Å². The minimum atomic E-state index is -0.0362. The smallest absolute Gasteiger partial charge is 0.0598 e. The van der Waals surface area contributed by atoms with Gasteiger partial charge in [0, 0.05) is 13.2 Å². The molecule has 0 spiro atoms. The van der Waals surface area contributed by atoms with Crippen molar-refractivity contribution in [2.24, 2.45) is 5.41 Å². The third-order valence-electron chi connectivity index (χ3n) is 2.46. The summed E-state index contributed by atoms with van der Waals surface area (Å²) >= 11 is 0. The number of ether oxygens (including phenoxy) is 1. The van der Waals surface area contributed by atoms with Gasteiger partial charge in [-0.05, 0) is 45.4 Å². The van der Waals surface area contributed by atoms with E-state index in [-0.39, 0.29) is 11.0 Å². The topological polar surface area (TPSA) is 29.5 Å². The van der Waals surface area contributed by atoms with E-state index in [1.54, 1.807) is 0 Å². The molecule has 1 N–H and O–H groups in total. The lowest BCUT2D eigenvalue weighted by molar-refractivity contribution is -0.0143. The second-order valence-corrected chi connectivity index (χ2v) is 4.87. The maximum absolute atomic E-state index is 9.03. The predicted octanol–water partition coefficient (Wildman–Crippen LogP) is 1.96. The van der Waals surface area contributed by atoms with Crippen molar-refractivity contribution in [3.05, 3.63) is 0 Å². The van der Waals surface area contributed by atoms with Crippen LogP contribution in [0.25, 0.3) is 0 Å². The van der Waals surface area contributed by atoms with E-state index in [0.717, 1.165) is 13.0 Å². The molecule has 0 amide bonds. The average Bonchev–Trinajstić information content (AvgIpc) is 2.67. The zero-order valence-electron chi connectivity index (χ0n) is 8.39. The summed E-state index contributed by atoms with van der Waals surface area (Å²) in [5, 5.41) is 9.03. The van der Waals surface area contributed by atoms with Crippen molar-refractivity contribution in [2.75, 3.05) is 13.2 Å². The Kier molecular flexibility index (Phi) is 2.79. The van der Waals surface area contributed by atoms with E-state index in [2.05, 4.69) is 20.8 Å². The summed E-state index contributed by atoms with van der Waals surface area (Å²) in [4.78, 5) is 0. The first-order valence-electron chi connectivity index (χ1n) is 4.72. The van der Waals surface area contributed by atoms with Crippen molar-refractivity contribution in [1.29, 1.82) is 0 Å². The van der Waals surface area contributed by atoms with Gasteiger partial charge in [0.05, 0.1) is 5.60 Å². The first kappa shape index (κ1) is 10.0. The molecule has 0 atom stereocenters. The Morgan fingerprint density at radius 1 is 1.33 bits per heavy atom. The highest BCUT2D eigenvalue weighted by molar-refractivity contribution is 4.92. The molecule has 0 heterocycles. The Labute approximate surface area is 74.9 Å². The second-order valence-electron chi connectivity index (χ2n) is 4.87. The fourth-order valence-electron chi connectivity index (χ4n) is 1.24. The number of hydrogen-bond acceptors (Lipinski definition) is 2. The summed E-state index contributed by atoms with van der Waals surface area (Å²) < 4.78 is 5.60. The van der Waals surface area contributed by atoms with Gasteiger partial charge < -0.3 is 9.84 Å². The van der Waals surface area contributed by atoms with Gasteiger partial charge in [0.25, 0.3) is 0 Å². The summed E-state index contributed by atoms with van der Waals surface area (Å²) in [6.07, 6.45) is 3.37. The molecule has 1 saturated carbocycles. The second kappa shape index (κ2) is 3.35. The third-order valence-corrected chi connectivity index (χ3v) is 2.46. The molecule has 0 bridgehead atoms. The SMILES string of the molecule is CC(C)(C)OCCC1(CO)CC1. The molecule has 2 nitrogen and oxygen atoms in total. The molecule has 1 fully saturated rings. The molecule has 12 heavy (non-hydrogen) atoms. The monoisotopic (exact) mass is 172 g/mol. The van der Waals surface area contributed by atoms with Crippen LogP contribution in [0, 0.1) is 5.41 Å². The van der Waals surface area contributed by atoms with E-state index in [1.165, 1.54) is 12.8 Å². The number of aliphatic hydroxyl groups is 1. The fourth-order valence-corrected chi connectivity index (χ4v) is 1.24. The minimum Gasteiger partial charge on any atom is -0.396 e. The van der Waals surface area contributed by atoms with Crippen LogP contribution < -0.4 is 0 Å². The van der Waals surface area contributed by atoms with Crippen LogP contribution in [0.5, 0.6) is 0 Å². The largest absolute Gasteiger partial charge is 0.396 e. The Balaban J connectivity index is 2.10. The van der Waals surface area contributed by atoms with E-state index in [4.69, 9.17) is 9.84 Å². The van der Waals surface area contributed by atoms with E-state index in [1.807, 2.05) is 0 Å². The van der Waals surface area contributed by atoms with Crippen LogP contribution in [0.1, 0.15) is 40.0 Å². The number of rotatable bonds is 4. The van der Waals surface area contributed by atoms with Gasteiger partial charge in [-0.1, -0.05) is 0 Å². The van der Waals surface area contributed by atoms with E-state index < -0.39 is 0 Å². The lowest BCUT2D eigenvalue weighted by Gasteiger charge is -2.21. The van der Waals surface area contributed by atoms with Gasteiger partial charge in [-0.3, -0.25) is 0 Å². The van der Waals surface area contributed by atoms with Crippen molar-refractivity contribution < 1.29 is 9.84 Å². The zero-order chi connectivity index (χ0) is 9.24. The maximum Gasteiger partial charge on any atom is 0.0598 e. The summed E-state index contributed by atoms with van der Waals surface area (Å²) in [5.74, 6) is 0. The van der Waals surface area contributed by atoms with Gasteiger partial charge in [-0.2, -0.15) is 0 Å². The standard InChI is InChI=1S/C10H20O2/c1-9(2,3)12-7-6-10(8-11)4-5-10/h11H,4-8H2,1-3H3. The Morgan fingerprint density at radius 2 is 1.92 bits per heavy atom. The van der Waals surface area contributed by atoms with Crippen molar-refractivity contribution in [1.82, 2.24) is 0 Å². The van der Waals surface area contributed by atoms with Crippen LogP contribution in [-0.4, -0.2) is 23.9 Å². The molecule has 0 radical (unpaired) electrons. The molecule has 72 valence electrons. The maximum atomic E-state index is 9.03. The van der Waals surface area contributed by atoms with Crippen LogP contribution in [0.3, 0.4) is 0 Å². The summed E-state index contributed by atoms with van der Waals surface area (Å²) in [7, 11) is 0. The van der Waals surface area contributed by atoms with Crippen LogP contribution in [0.2, 0.25) is 0 Å². The van der Waals surface area contributed by atoms with E-state index in [9.17, 15) is 0 Å². The molecule has 0 aromatic rings. The molecule has 0 aromatic heterocycles. The molecule has 1 aliphatic carbocycles. The Hall–Kier alpha value is -0.0800. The molecular formula is C10H20O2. The molecule has 0 saturated heterocycles. The molecule has 2 heteroatoms. The minimum absolute atomic E-state index is 0.0362. The third kappa shape index (κ3) is 3.11. The van der Waals surface area contributed by atoms with Crippen LogP contribution in [0.15, 0.2) is 0 Å². The highest BCUT2D eigenvalue weighted by Crippen LogP contribution is 2.48. The lowest BCUT2D eigenvalue weighted by Crippen LogP contribution is -2.22. The van der Waals surface area contributed by atoms with Gasteiger partial charge in [0.1, 0.15) is 0 Å². The normalized spacial score (nSPS) is 21.0. The van der Waals surface area contributed by atoms with Crippen molar-refractivity contribution in [2.45, 2.75) is 45.6 Å². The van der Waals surface area contributed by atoms with Gasteiger partial charge in [0.2, 0.25) is 0 Å². The van der Waals surface area contributed by atoms with Crippen LogP contribution in [-0.2, 0) is 4.74 Å².